The second kappa shape index (κ2) is 3.14. The maximum Gasteiger partial charge on any atom is 0.273 e. The third-order valence-electron chi connectivity index (χ3n) is 1.78. The number of carbonyl (C=O) groups excluding carboxylic acids is 1. The van der Waals surface area contributed by atoms with Crippen LogP contribution in [0.4, 0.5) is 0 Å². The number of rotatable bonds is 1. The number of aromatic nitrogens is 2. The fourth-order valence-electron chi connectivity index (χ4n) is 1.11. The summed E-state index contributed by atoms with van der Waals surface area (Å²) in [6.07, 6.45) is 3.30. The first-order valence-corrected chi connectivity index (χ1v) is 4.75. The molecule has 0 N–H and O–H groups in total. The van der Waals surface area contributed by atoms with E-state index in [-0.39, 0.29) is 5.91 Å². The van der Waals surface area contributed by atoms with E-state index in [1.807, 2.05) is 24.4 Å². The van der Waals surface area contributed by atoms with Crippen molar-refractivity contribution in [3.05, 3.63) is 40.6 Å². The molecule has 0 radical (unpaired) electrons. The summed E-state index contributed by atoms with van der Waals surface area (Å²) in [5.41, 5.74) is 0. The molecule has 0 aliphatic heterocycles. The standard InChI is InChI=1S/C9H8N2OS/c1-7-10-4-5-11(7)9(12)8-3-2-6-13-8/h2-6H,1H3. The van der Waals surface area contributed by atoms with Crippen LogP contribution in [0.5, 0.6) is 0 Å². The summed E-state index contributed by atoms with van der Waals surface area (Å²) in [7, 11) is 0. The van der Waals surface area contributed by atoms with Gasteiger partial charge in [0, 0.05) is 12.4 Å². The first-order valence-electron chi connectivity index (χ1n) is 3.87. The zero-order chi connectivity index (χ0) is 9.26. The molecule has 13 heavy (non-hydrogen) atoms. The van der Waals surface area contributed by atoms with Crippen molar-refractivity contribution < 1.29 is 4.79 Å². The first-order chi connectivity index (χ1) is 6.29. The molecule has 4 heteroatoms. The van der Waals surface area contributed by atoms with Gasteiger partial charge in [-0.2, -0.15) is 0 Å². The molecule has 2 rings (SSSR count). The number of hydrogen-bond donors (Lipinski definition) is 0. The molecule has 0 aromatic carbocycles. The highest BCUT2D eigenvalue weighted by atomic mass is 32.1. The highest BCUT2D eigenvalue weighted by Crippen LogP contribution is 2.11. The molecule has 0 saturated carbocycles. The Kier molecular flexibility index (Phi) is 1.98. The van der Waals surface area contributed by atoms with Gasteiger partial charge in [0.15, 0.2) is 0 Å². The van der Waals surface area contributed by atoms with Gasteiger partial charge in [-0.3, -0.25) is 9.36 Å². The van der Waals surface area contributed by atoms with Gasteiger partial charge in [-0.15, -0.1) is 11.3 Å². The van der Waals surface area contributed by atoms with Gasteiger partial charge in [0.2, 0.25) is 0 Å². The van der Waals surface area contributed by atoms with Crippen molar-refractivity contribution in [3.63, 3.8) is 0 Å². The van der Waals surface area contributed by atoms with E-state index < -0.39 is 0 Å². The Bertz CT molecular complexity index is 417. The third-order valence-corrected chi connectivity index (χ3v) is 2.63. The predicted molar refractivity (Wildman–Crippen MR) is 51.0 cm³/mol. The Morgan fingerprint density at radius 2 is 2.46 bits per heavy atom. The Hall–Kier alpha value is -1.42. The van der Waals surface area contributed by atoms with Crippen LogP contribution in [0.2, 0.25) is 0 Å². The lowest BCUT2D eigenvalue weighted by Gasteiger charge is -1.99. The van der Waals surface area contributed by atoms with E-state index >= 15 is 0 Å². The van der Waals surface area contributed by atoms with Crippen LogP contribution in [0.1, 0.15) is 15.5 Å². The number of aryl methyl sites for hydroxylation is 1. The lowest BCUT2D eigenvalue weighted by Crippen LogP contribution is -2.10. The average Bonchev–Trinajstić information content (AvgIpc) is 2.72. The maximum atomic E-state index is 11.7. The molecular formula is C9H8N2OS. The van der Waals surface area contributed by atoms with Crippen LogP contribution < -0.4 is 0 Å². The third kappa shape index (κ3) is 1.40. The molecule has 0 aliphatic rings. The van der Waals surface area contributed by atoms with Crippen molar-refractivity contribution in [1.82, 2.24) is 9.55 Å². The van der Waals surface area contributed by atoms with Crippen LogP contribution in [0.15, 0.2) is 29.9 Å². The monoisotopic (exact) mass is 192 g/mol. The molecule has 0 fully saturated rings. The van der Waals surface area contributed by atoms with Gasteiger partial charge >= 0.3 is 0 Å². The van der Waals surface area contributed by atoms with Gasteiger partial charge in [0.1, 0.15) is 5.82 Å². The van der Waals surface area contributed by atoms with Crippen LogP contribution in [0.25, 0.3) is 0 Å². The summed E-state index contributed by atoms with van der Waals surface area (Å²) in [4.78, 5) is 16.5. The van der Waals surface area contributed by atoms with Crippen LogP contribution in [-0.4, -0.2) is 15.5 Å². The number of imidazole rings is 1. The minimum Gasteiger partial charge on any atom is -0.269 e. The van der Waals surface area contributed by atoms with Crippen molar-refractivity contribution in [2.24, 2.45) is 0 Å². The highest BCUT2D eigenvalue weighted by Gasteiger charge is 2.10. The molecule has 2 aromatic heterocycles. The molecule has 2 aromatic rings. The minimum atomic E-state index is -0.00926. The quantitative estimate of drug-likeness (QED) is 0.692. The van der Waals surface area contributed by atoms with Crippen LogP contribution in [-0.2, 0) is 0 Å². The summed E-state index contributed by atoms with van der Waals surface area (Å²) in [6, 6.07) is 3.68. The Morgan fingerprint density at radius 1 is 1.62 bits per heavy atom. The molecule has 0 amide bonds. The molecule has 0 unspecified atom stereocenters. The normalized spacial score (nSPS) is 10.2. The predicted octanol–water partition coefficient (Wildman–Crippen LogP) is 1.94. The van der Waals surface area contributed by atoms with Crippen molar-refractivity contribution in [2.75, 3.05) is 0 Å². The molecule has 0 saturated heterocycles. The fourth-order valence-corrected chi connectivity index (χ4v) is 1.77. The second-order valence-corrected chi connectivity index (χ2v) is 3.57. The molecular weight excluding hydrogens is 184 g/mol. The van der Waals surface area contributed by atoms with E-state index in [0.717, 1.165) is 10.7 Å². The fraction of sp³-hybridized carbons (Fsp3) is 0.111. The van der Waals surface area contributed by atoms with Gasteiger partial charge in [-0.1, -0.05) is 6.07 Å². The Morgan fingerprint density at radius 3 is 3.00 bits per heavy atom. The van der Waals surface area contributed by atoms with Gasteiger partial charge < -0.3 is 0 Å². The van der Waals surface area contributed by atoms with Gasteiger partial charge in [0.25, 0.3) is 5.91 Å². The first kappa shape index (κ1) is 8.19. The molecule has 0 bridgehead atoms. The van der Waals surface area contributed by atoms with Crippen molar-refractivity contribution in [3.8, 4) is 0 Å². The number of thiophene rings is 1. The lowest BCUT2D eigenvalue weighted by atomic mass is 10.4. The summed E-state index contributed by atoms with van der Waals surface area (Å²) >= 11 is 1.44. The summed E-state index contributed by atoms with van der Waals surface area (Å²) in [5.74, 6) is 0.711. The largest absolute Gasteiger partial charge is 0.273 e. The van der Waals surface area contributed by atoms with Gasteiger partial charge in [-0.05, 0) is 18.4 Å². The van der Waals surface area contributed by atoms with Gasteiger partial charge in [-0.25, -0.2) is 4.98 Å². The van der Waals surface area contributed by atoms with E-state index in [0.29, 0.717) is 0 Å². The van der Waals surface area contributed by atoms with Crippen molar-refractivity contribution in [1.29, 1.82) is 0 Å². The van der Waals surface area contributed by atoms with E-state index in [1.165, 1.54) is 11.3 Å². The summed E-state index contributed by atoms with van der Waals surface area (Å²) < 4.78 is 1.55. The zero-order valence-corrected chi connectivity index (χ0v) is 7.91. The van der Waals surface area contributed by atoms with Crippen LogP contribution >= 0.6 is 11.3 Å². The van der Waals surface area contributed by atoms with Crippen LogP contribution in [0.3, 0.4) is 0 Å². The minimum absolute atomic E-state index is 0.00926. The number of carbonyl (C=O) groups is 1. The smallest absolute Gasteiger partial charge is 0.269 e. The number of hydrogen-bond acceptors (Lipinski definition) is 3. The molecule has 66 valence electrons. The Balaban J connectivity index is 2.39. The van der Waals surface area contributed by atoms with Gasteiger partial charge in [0.05, 0.1) is 4.88 Å². The average molecular weight is 192 g/mol. The number of nitrogens with zero attached hydrogens (tertiary/aromatic N) is 2. The van der Waals surface area contributed by atoms with E-state index in [1.54, 1.807) is 17.0 Å². The maximum absolute atomic E-state index is 11.7. The molecule has 2 heterocycles. The molecule has 0 spiro atoms. The zero-order valence-electron chi connectivity index (χ0n) is 7.10. The van der Waals surface area contributed by atoms with E-state index in [9.17, 15) is 4.79 Å². The van der Waals surface area contributed by atoms with E-state index in [4.69, 9.17) is 0 Å². The Labute approximate surface area is 79.7 Å². The van der Waals surface area contributed by atoms with E-state index in [2.05, 4.69) is 4.98 Å². The van der Waals surface area contributed by atoms with Crippen molar-refractivity contribution in [2.45, 2.75) is 6.92 Å². The van der Waals surface area contributed by atoms with Crippen LogP contribution in [0, 0.1) is 6.92 Å². The molecule has 0 aliphatic carbocycles. The van der Waals surface area contributed by atoms with Crippen molar-refractivity contribution >= 4 is 17.2 Å². The topological polar surface area (TPSA) is 34.9 Å². The highest BCUT2D eigenvalue weighted by molar-refractivity contribution is 7.12. The summed E-state index contributed by atoms with van der Waals surface area (Å²) in [5, 5.41) is 1.89. The molecule has 3 nitrogen and oxygen atoms in total. The molecule has 0 atom stereocenters. The SMILES string of the molecule is Cc1nccn1C(=O)c1cccs1. The lowest BCUT2D eigenvalue weighted by molar-refractivity contribution is 0.0961. The second-order valence-electron chi connectivity index (χ2n) is 2.63. The summed E-state index contributed by atoms with van der Waals surface area (Å²) in [6.45, 7) is 1.81.